The van der Waals surface area contributed by atoms with E-state index in [0.717, 1.165) is 6.54 Å². The highest BCUT2D eigenvalue weighted by Crippen LogP contribution is 2.09. The second-order valence-electron chi connectivity index (χ2n) is 5.06. The van der Waals surface area contributed by atoms with Gasteiger partial charge in [-0.3, -0.25) is 0 Å². The Labute approximate surface area is 107 Å². The summed E-state index contributed by atoms with van der Waals surface area (Å²) in [6.07, 6.45) is 6.74. The van der Waals surface area contributed by atoms with Crippen molar-refractivity contribution in [1.29, 1.82) is 0 Å². The van der Waals surface area contributed by atoms with Crippen molar-refractivity contribution in [2.24, 2.45) is 0 Å². The molecule has 0 aliphatic rings. The summed E-state index contributed by atoms with van der Waals surface area (Å²) in [5.41, 5.74) is 2.81. The molecule has 0 aliphatic carbocycles. The largest absolute Gasteiger partial charge is 0.310 e. The van der Waals surface area contributed by atoms with Crippen LogP contribution in [0.4, 0.5) is 0 Å². The first kappa shape index (κ1) is 14.2. The predicted molar refractivity (Wildman–Crippen MR) is 76.2 cm³/mol. The van der Waals surface area contributed by atoms with Crippen molar-refractivity contribution in [2.75, 3.05) is 0 Å². The highest BCUT2D eigenvalue weighted by Gasteiger charge is 2.02. The van der Waals surface area contributed by atoms with E-state index in [-0.39, 0.29) is 0 Å². The normalized spacial score (nSPS) is 12.6. The van der Waals surface area contributed by atoms with Gasteiger partial charge in [-0.1, -0.05) is 56.9 Å². The molecule has 1 unspecified atom stereocenters. The fraction of sp³-hybridized carbons (Fsp3) is 0.625. The van der Waals surface area contributed by atoms with Crippen molar-refractivity contribution < 1.29 is 0 Å². The zero-order chi connectivity index (χ0) is 12.5. The fourth-order valence-corrected chi connectivity index (χ4v) is 2.07. The Morgan fingerprint density at radius 3 is 2.59 bits per heavy atom. The minimum Gasteiger partial charge on any atom is -0.310 e. The SMILES string of the molecule is CCCCCCC(C)NCc1ccccc1C. The molecular formula is C16H27N. The Morgan fingerprint density at radius 2 is 1.88 bits per heavy atom. The van der Waals surface area contributed by atoms with Crippen molar-refractivity contribution >= 4 is 0 Å². The minimum atomic E-state index is 0.631. The van der Waals surface area contributed by atoms with Crippen molar-refractivity contribution in [3.05, 3.63) is 35.4 Å². The number of hydrogen-bond donors (Lipinski definition) is 1. The van der Waals surface area contributed by atoms with Gasteiger partial charge in [0, 0.05) is 12.6 Å². The van der Waals surface area contributed by atoms with E-state index in [4.69, 9.17) is 0 Å². The van der Waals surface area contributed by atoms with Gasteiger partial charge in [0.1, 0.15) is 0 Å². The quantitative estimate of drug-likeness (QED) is 0.654. The zero-order valence-corrected chi connectivity index (χ0v) is 11.6. The number of rotatable bonds is 8. The lowest BCUT2D eigenvalue weighted by atomic mass is 10.1. The maximum atomic E-state index is 3.62. The van der Waals surface area contributed by atoms with Crippen LogP contribution in [-0.2, 0) is 6.54 Å². The lowest BCUT2D eigenvalue weighted by Crippen LogP contribution is -2.25. The lowest BCUT2D eigenvalue weighted by molar-refractivity contribution is 0.482. The van der Waals surface area contributed by atoms with Crippen LogP contribution in [0.2, 0.25) is 0 Å². The van der Waals surface area contributed by atoms with E-state index in [2.05, 4.69) is 50.4 Å². The van der Waals surface area contributed by atoms with Crippen molar-refractivity contribution in [2.45, 2.75) is 65.5 Å². The maximum absolute atomic E-state index is 3.62. The minimum absolute atomic E-state index is 0.631. The van der Waals surface area contributed by atoms with E-state index < -0.39 is 0 Å². The number of nitrogens with one attached hydrogen (secondary N) is 1. The second-order valence-corrected chi connectivity index (χ2v) is 5.06. The van der Waals surface area contributed by atoms with E-state index in [1.807, 2.05) is 0 Å². The Morgan fingerprint density at radius 1 is 1.12 bits per heavy atom. The first-order valence-corrected chi connectivity index (χ1v) is 7.02. The van der Waals surface area contributed by atoms with Crippen molar-refractivity contribution in [1.82, 2.24) is 5.32 Å². The summed E-state index contributed by atoms with van der Waals surface area (Å²) in [5.74, 6) is 0. The predicted octanol–water partition coefficient (Wildman–Crippen LogP) is 4.44. The average Bonchev–Trinajstić information content (AvgIpc) is 2.34. The molecule has 1 aromatic rings. The van der Waals surface area contributed by atoms with Crippen molar-refractivity contribution in [3.8, 4) is 0 Å². The van der Waals surface area contributed by atoms with Gasteiger partial charge in [0.25, 0.3) is 0 Å². The fourth-order valence-electron chi connectivity index (χ4n) is 2.07. The van der Waals surface area contributed by atoms with E-state index in [9.17, 15) is 0 Å². The summed E-state index contributed by atoms with van der Waals surface area (Å²) in [4.78, 5) is 0. The molecule has 1 rings (SSSR count). The van der Waals surface area contributed by atoms with Gasteiger partial charge in [-0.2, -0.15) is 0 Å². The smallest absolute Gasteiger partial charge is 0.0210 e. The molecule has 0 bridgehead atoms. The first-order valence-electron chi connectivity index (χ1n) is 7.02. The van der Waals surface area contributed by atoms with Gasteiger partial charge in [-0.15, -0.1) is 0 Å². The van der Waals surface area contributed by atoms with Gasteiger partial charge in [0.05, 0.1) is 0 Å². The van der Waals surface area contributed by atoms with Gasteiger partial charge in [-0.05, 0) is 31.4 Å². The molecule has 0 aliphatic heterocycles. The zero-order valence-electron chi connectivity index (χ0n) is 11.6. The van der Waals surface area contributed by atoms with Crippen LogP contribution >= 0.6 is 0 Å². The molecule has 0 saturated carbocycles. The number of unbranched alkanes of at least 4 members (excludes halogenated alkanes) is 3. The Bertz CT molecular complexity index is 306. The third-order valence-corrected chi connectivity index (χ3v) is 3.39. The molecule has 17 heavy (non-hydrogen) atoms. The van der Waals surface area contributed by atoms with Gasteiger partial charge < -0.3 is 5.32 Å². The monoisotopic (exact) mass is 233 g/mol. The van der Waals surface area contributed by atoms with Crippen molar-refractivity contribution in [3.63, 3.8) is 0 Å². The van der Waals surface area contributed by atoms with Crippen LogP contribution in [0.25, 0.3) is 0 Å². The molecule has 0 heterocycles. The van der Waals surface area contributed by atoms with Crippen LogP contribution in [-0.4, -0.2) is 6.04 Å². The Kier molecular flexibility index (Phi) is 6.95. The molecule has 1 aromatic carbocycles. The van der Waals surface area contributed by atoms with Gasteiger partial charge in [-0.25, -0.2) is 0 Å². The Hall–Kier alpha value is -0.820. The summed E-state index contributed by atoms with van der Waals surface area (Å²) in [6, 6.07) is 9.25. The second kappa shape index (κ2) is 8.30. The first-order chi connectivity index (χ1) is 8.24. The molecule has 0 spiro atoms. The Balaban J connectivity index is 2.19. The van der Waals surface area contributed by atoms with Crippen LogP contribution in [0.1, 0.15) is 57.1 Å². The van der Waals surface area contributed by atoms with Gasteiger partial charge in [0.2, 0.25) is 0 Å². The van der Waals surface area contributed by atoms with Crippen LogP contribution in [0.3, 0.4) is 0 Å². The van der Waals surface area contributed by atoms with Gasteiger partial charge in [0.15, 0.2) is 0 Å². The molecule has 0 aromatic heterocycles. The van der Waals surface area contributed by atoms with E-state index >= 15 is 0 Å². The summed E-state index contributed by atoms with van der Waals surface area (Å²) < 4.78 is 0. The maximum Gasteiger partial charge on any atom is 0.0210 e. The molecule has 96 valence electrons. The molecule has 0 amide bonds. The summed E-state index contributed by atoms with van der Waals surface area (Å²) in [5, 5.41) is 3.62. The molecule has 0 radical (unpaired) electrons. The van der Waals surface area contributed by atoms with E-state index in [0.29, 0.717) is 6.04 Å². The van der Waals surface area contributed by atoms with Crippen LogP contribution in [0.15, 0.2) is 24.3 Å². The highest BCUT2D eigenvalue weighted by molar-refractivity contribution is 5.25. The van der Waals surface area contributed by atoms with Gasteiger partial charge >= 0.3 is 0 Å². The number of hydrogen-bond acceptors (Lipinski definition) is 1. The molecule has 0 saturated heterocycles. The van der Waals surface area contributed by atoms with E-state index in [1.165, 1.54) is 43.2 Å². The third kappa shape index (κ3) is 5.88. The van der Waals surface area contributed by atoms with E-state index in [1.54, 1.807) is 0 Å². The number of aryl methyl sites for hydroxylation is 1. The van der Waals surface area contributed by atoms with Crippen LogP contribution in [0.5, 0.6) is 0 Å². The third-order valence-electron chi connectivity index (χ3n) is 3.39. The molecule has 1 atom stereocenters. The molecule has 1 nitrogen and oxygen atoms in total. The standard InChI is InChI=1S/C16H27N/c1-4-5-6-7-11-15(3)17-13-16-12-9-8-10-14(16)2/h8-10,12,15,17H,4-7,11,13H2,1-3H3. The molecule has 0 fully saturated rings. The molecule has 1 N–H and O–H groups in total. The summed E-state index contributed by atoms with van der Waals surface area (Å²) >= 11 is 0. The molecular weight excluding hydrogens is 206 g/mol. The molecule has 1 heteroatoms. The van der Waals surface area contributed by atoms with Crippen LogP contribution < -0.4 is 5.32 Å². The average molecular weight is 233 g/mol. The summed E-state index contributed by atoms with van der Waals surface area (Å²) in [6.45, 7) is 7.74. The highest BCUT2D eigenvalue weighted by atomic mass is 14.9. The lowest BCUT2D eigenvalue weighted by Gasteiger charge is -2.14. The number of benzene rings is 1. The van der Waals surface area contributed by atoms with Crippen LogP contribution in [0, 0.1) is 6.92 Å². The topological polar surface area (TPSA) is 12.0 Å². The summed E-state index contributed by atoms with van der Waals surface area (Å²) in [7, 11) is 0.